The van der Waals surface area contributed by atoms with Gasteiger partial charge in [0, 0.05) is 17.2 Å². The first kappa shape index (κ1) is 21.7. The minimum atomic E-state index is -4.68. The van der Waals surface area contributed by atoms with Crippen LogP contribution in [-0.4, -0.2) is 25.3 Å². The Balaban J connectivity index is 1.85. The highest BCUT2D eigenvalue weighted by Gasteiger charge is 2.35. The number of benzene rings is 2. The molecule has 2 N–H and O–H groups in total. The first-order valence-corrected chi connectivity index (χ1v) is 10.7. The molecule has 7 nitrogen and oxygen atoms in total. The van der Waals surface area contributed by atoms with Crippen molar-refractivity contribution in [3.63, 3.8) is 0 Å². The van der Waals surface area contributed by atoms with Crippen LogP contribution in [0.1, 0.15) is 5.69 Å². The second-order valence-electron chi connectivity index (χ2n) is 6.76. The molecule has 0 saturated heterocycles. The molecule has 0 unspecified atom stereocenters. The van der Waals surface area contributed by atoms with Gasteiger partial charge in [0.15, 0.2) is 5.69 Å². The molecular weight excluding hydrogens is 447 g/mol. The molecule has 0 aliphatic carbocycles. The smallest absolute Gasteiger partial charge is 0.435 e. The molecule has 0 bridgehead atoms. The van der Waals surface area contributed by atoms with Crippen LogP contribution < -0.4 is 9.88 Å². The predicted molar refractivity (Wildman–Crippen MR) is 110 cm³/mol. The van der Waals surface area contributed by atoms with Crippen molar-refractivity contribution in [3.05, 3.63) is 72.6 Å². The van der Waals surface area contributed by atoms with Gasteiger partial charge in [-0.2, -0.15) is 18.3 Å². The lowest BCUT2D eigenvalue weighted by Crippen LogP contribution is -2.14. The number of ether oxygens (including phenoxy) is 1. The Labute approximate surface area is 180 Å². The maximum absolute atomic E-state index is 13.4. The van der Waals surface area contributed by atoms with Gasteiger partial charge in [-0.25, -0.2) is 18.2 Å². The van der Waals surface area contributed by atoms with E-state index in [1.807, 2.05) is 0 Å². The Kier molecular flexibility index (Phi) is 5.31. The van der Waals surface area contributed by atoms with Crippen molar-refractivity contribution in [2.75, 3.05) is 7.11 Å². The molecule has 0 saturated carbocycles. The molecule has 166 valence electrons. The summed E-state index contributed by atoms with van der Waals surface area (Å²) in [5, 5.41) is 8.88. The molecule has 2 heterocycles. The standard InChI is InChI=1S/C21H16F3N3O4S/c1-30-18-11-15(8-9-19(18)32(25,28)29)27-16(12-20(26-27)21(22,23)24)13-4-6-14(7-5-13)17-3-2-10-31-17/h2-12H,1H3,(H2,25,28,29). The first-order chi connectivity index (χ1) is 15.1. The molecule has 32 heavy (non-hydrogen) atoms. The van der Waals surface area contributed by atoms with Gasteiger partial charge in [0.2, 0.25) is 10.0 Å². The van der Waals surface area contributed by atoms with Crippen molar-refractivity contribution in [1.29, 1.82) is 0 Å². The van der Waals surface area contributed by atoms with Gasteiger partial charge in [0.05, 0.1) is 24.8 Å². The second-order valence-corrected chi connectivity index (χ2v) is 8.29. The number of rotatable bonds is 5. The number of aromatic nitrogens is 2. The third-order valence-electron chi connectivity index (χ3n) is 4.68. The fourth-order valence-corrected chi connectivity index (χ4v) is 3.87. The summed E-state index contributed by atoms with van der Waals surface area (Å²) >= 11 is 0. The molecule has 4 rings (SSSR count). The lowest BCUT2D eigenvalue weighted by atomic mass is 10.1. The van der Waals surface area contributed by atoms with E-state index < -0.39 is 21.9 Å². The lowest BCUT2D eigenvalue weighted by Gasteiger charge is -2.12. The summed E-state index contributed by atoms with van der Waals surface area (Å²) in [7, 11) is -2.87. The van der Waals surface area contributed by atoms with Crippen molar-refractivity contribution in [2.45, 2.75) is 11.1 Å². The molecule has 0 amide bonds. The topological polar surface area (TPSA) is 100 Å². The van der Waals surface area contributed by atoms with E-state index in [9.17, 15) is 21.6 Å². The zero-order valence-electron chi connectivity index (χ0n) is 16.5. The van der Waals surface area contributed by atoms with Crippen LogP contribution in [0.15, 0.2) is 76.2 Å². The van der Waals surface area contributed by atoms with Crippen molar-refractivity contribution in [3.8, 4) is 34.0 Å². The molecule has 2 aromatic carbocycles. The summed E-state index contributed by atoms with van der Waals surface area (Å²) in [5.74, 6) is 0.498. The van der Waals surface area contributed by atoms with Crippen molar-refractivity contribution < 1.29 is 30.7 Å². The molecule has 4 aromatic rings. The fraction of sp³-hybridized carbons (Fsp3) is 0.0952. The Hall–Kier alpha value is -3.57. The number of halogens is 3. The molecule has 0 radical (unpaired) electrons. The van der Waals surface area contributed by atoms with Crippen LogP contribution >= 0.6 is 0 Å². The van der Waals surface area contributed by atoms with Crippen molar-refractivity contribution in [1.82, 2.24) is 9.78 Å². The number of nitrogens with two attached hydrogens (primary N) is 1. The van der Waals surface area contributed by atoms with Gasteiger partial charge in [-0.15, -0.1) is 0 Å². The SMILES string of the molecule is COc1cc(-n2nc(C(F)(F)F)cc2-c2ccc(-c3ccco3)cc2)ccc1S(N)(=O)=O. The van der Waals surface area contributed by atoms with Crippen molar-refractivity contribution >= 4 is 10.0 Å². The summed E-state index contributed by atoms with van der Waals surface area (Å²) in [4.78, 5) is -0.295. The molecule has 2 aromatic heterocycles. The highest BCUT2D eigenvalue weighted by atomic mass is 32.2. The van der Waals surface area contributed by atoms with Crippen LogP contribution in [0.3, 0.4) is 0 Å². The van der Waals surface area contributed by atoms with E-state index >= 15 is 0 Å². The largest absolute Gasteiger partial charge is 0.495 e. The number of nitrogens with zero attached hydrogens (tertiary/aromatic N) is 2. The van der Waals surface area contributed by atoms with E-state index in [0.29, 0.717) is 11.3 Å². The summed E-state index contributed by atoms with van der Waals surface area (Å²) in [6.07, 6.45) is -3.16. The lowest BCUT2D eigenvalue weighted by molar-refractivity contribution is -0.141. The van der Waals surface area contributed by atoms with Crippen LogP contribution in [0, 0.1) is 0 Å². The normalized spacial score (nSPS) is 12.2. The first-order valence-electron chi connectivity index (χ1n) is 9.11. The quantitative estimate of drug-likeness (QED) is 0.471. The second kappa shape index (κ2) is 7.84. The van der Waals surface area contributed by atoms with Crippen LogP contribution in [0.25, 0.3) is 28.3 Å². The number of sulfonamides is 1. The minimum Gasteiger partial charge on any atom is -0.495 e. The Bertz CT molecular complexity index is 1360. The number of furan rings is 1. The minimum absolute atomic E-state index is 0.117. The number of methoxy groups -OCH3 is 1. The molecule has 0 aliphatic heterocycles. The molecule has 0 spiro atoms. The summed E-state index contributed by atoms with van der Waals surface area (Å²) in [5.41, 5.74) is 0.415. The Morgan fingerprint density at radius 3 is 2.28 bits per heavy atom. The third kappa shape index (κ3) is 4.12. The number of hydrogen-bond acceptors (Lipinski definition) is 5. The molecule has 0 aliphatic rings. The van der Waals surface area contributed by atoms with E-state index in [-0.39, 0.29) is 22.0 Å². The van der Waals surface area contributed by atoms with Crippen LogP contribution in [-0.2, 0) is 16.2 Å². The highest BCUT2D eigenvalue weighted by Crippen LogP contribution is 2.35. The van der Waals surface area contributed by atoms with E-state index in [1.165, 1.54) is 25.5 Å². The molecule has 11 heteroatoms. The third-order valence-corrected chi connectivity index (χ3v) is 5.63. The molecule has 0 atom stereocenters. The van der Waals surface area contributed by atoms with E-state index in [4.69, 9.17) is 14.3 Å². The van der Waals surface area contributed by atoms with Crippen LogP contribution in [0.4, 0.5) is 13.2 Å². The van der Waals surface area contributed by atoms with Crippen molar-refractivity contribution in [2.24, 2.45) is 5.14 Å². The van der Waals surface area contributed by atoms with Gasteiger partial charge in [-0.05, 0) is 30.3 Å². The summed E-state index contributed by atoms with van der Waals surface area (Å²) < 4.78 is 75.2. The monoisotopic (exact) mass is 463 g/mol. The number of hydrogen-bond donors (Lipinski definition) is 1. The zero-order chi connectivity index (χ0) is 23.1. The number of alkyl halides is 3. The Morgan fingerprint density at radius 2 is 1.72 bits per heavy atom. The highest BCUT2D eigenvalue weighted by molar-refractivity contribution is 7.89. The summed E-state index contributed by atoms with van der Waals surface area (Å²) in [6.45, 7) is 0. The van der Waals surface area contributed by atoms with Gasteiger partial charge < -0.3 is 9.15 Å². The zero-order valence-corrected chi connectivity index (χ0v) is 17.3. The van der Waals surface area contributed by atoms with E-state index in [2.05, 4.69) is 5.10 Å². The average Bonchev–Trinajstić information content (AvgIpc) is 3.43. The molecular formula is C21H16F3N3O4S. The van der Waals surface area contributed by atoms with Crippen LogP contribution in [0.2, 0.25) is 0 Å². The Morgan fingerprint density at radius 1 is 1.03 bits per heavy atom. The van der Waals surface area contributed by atoms with E-state index in [0.717, 1.165) is 22.4 Å². The average molecular weight is 463 g/mol. The van der Waals surface area contributed by atoms with Gasteiger partial charge >= 0.3 is 6.18 Å². The van der Waals surface area contributed by atoms with Crippen LogP contribution in [0.5, 0.6) is 5.75 Å². The fourth-order valence-electron chi connectivity index (χ4n) is 3.19. The van der Waals surface area contributed by atoms with Gasteiger partial charge in [0.25, 0.3) is 0 Å². The van der Waals surface area contributed by atoms with Gasteiger partial charge in [-0.1, -0.05) is 24.3 Å². The maximum atomic E-state index is 13.4. The van der Waals surface area contributed by atoms with E-state index in [1.54, 1.807) is 36.4 Å². The van der Waals surface area contributed by atoms with Gasteiger partial charge in [0.1, 0.15) is 16.4 Å². The predicted octanol–water partition coefficient (Wildman–Crippen LogP) is 4.47. The summed E-state index contributed by atoms with van der Waals surface area (Å²) in [6, 6.07) is 14.8. The maximum Gasteiger partial charge on any atom is 0.435 e. The van der Waals surface area contributed by atoms with Gasteiger partial charge in [-0.3, -0.25) is 0 Å². The number of primary sulfonamides is 1. The molecule has 0 fully saturated rings.